The van der Waals surface area contributed by atoms with Gasteiger partial charge in [-0.2, -0.15) is 13.2 Å². The van der Waals surface area contributed by atoms with Crippen molar-refractivity contribution in [1.29, 1.82) is 0 Å². The molecule has 8 heteroatoms. The van der Waals surface area contributed by atoms with E-state index in [1.807, 2.05) is 0 Å². The zero-order valence-corrected chi connectivity index (χ0v) is 11.7. The fourth-order valence-electron chi connectivity index (χ4n) is 2.37. The summed E-state index contributed by atoms with van der Waals surface area (Å²) in [5, 5.41) is 8.75. The van der Waals surface area contributed by atoms with Crippen LogP contribution in [0.15, 0.2) is 0 Å². The van der Waals surface area contributed by atoms with Gasteiger partial charge in [-0.15, -0.1) is 0 Å². The normalized spacial score (nSPS) is 20.1. The molecule has 122 valence electrons. The smallest absolute Gasteiger partial charge is 0.411 e. The molecule has 0 saturated carbocycles. The molecular weight excluding hydrogens is 291 g/mol. The van der Waals surface area contributed by atoms with E-state index in [9.17, 15) is 22.8 Å². The number of alkyl halides is 3. The predicted molar refractivity (Wildman–Crippen MR) is 67.7 cm³/mol. The Morgan fingerprint density at radius 3 is 2.57 bits per heavy atom. The van der Waals surface area contributed by atoms with E-state index >= 15 is 0 Å². The van der Waals surface area contributed by atoms with Gasteiger partial charge in [-0.25, -0.2) is 0 Å². The summed E-state index contributed by atoms with van der Waals surface area (Å²) in [5.41, 5.74) is 0. The van der Waals surface area contributed by atoms with Crippen LogP contribution in [0.1, 0.15) is 32.1 Å². The number of carbonyl (C=O) groups is 2. The molecule has 1 heterocycles. The highest BCUT2D eigenvalue weighted by atomic mass is 19.4. The van der Waals surface area contributed by atoms with Crippen LogP contribution in [-0.2, 0) is 14.3 Å². The van der Waals surface area contributed by atoms with E-state index in [0.717, 1.165) is 6.42 Å². The zero-order valence-electron chi connectivity index (χ0n) is 11.7. The third-order valence-electron chi connectivity index (χ3n) is 3.39. The fourth-order valence-corrected chi connectivity index (χ4v) is 2.37. The molecule has 21 heavy (non-hydrogen) atoms. The first kappa shape index (κ1) is 17.7. The zero-order chi connectivity index (χ0) is 15.9. The monoisotopic (exact) mass is 311 g/mol. The number of amides is 1. The van der Waals surface area contributed by atoms with E-state index < -0.39 is 18.8 Å². The van der Waals surface area contributed by atoms with Crippen LogP contribution >= 0.6 is 0 Å². The third-order valence-corrected chi connectivity index (χ3v) is 3.39. The van der Waals surface area contributed by atoms with Gasteiger partial charge in [0, 0.05) is 19.5 Å². The second-order valence-corrected chi connectivity index (χ2v) is 5.19. The number of ether oxygens (including phenoxy) is 1. The van der Waals surface area contributed by atoms with Crippen LogP contribution < -0.4 is 0 Å². The van der Waals surface area contributed by atoms with Gasteiger partial charge in [-0.05, 0) is 25.2 Å². The van der Waals surface area contributed by atoms with E-state index in [0.29, 0.717) is 25.9 Å². The highest BCUT2D eigenvalue weighted by molar-refractivity contribution is 5.76. The minimum Gasteiger partial charge on any atom is -0.481 e. The summed E-state index contributed by atoms with van der Waals surface area (Å²) in [6.45, 7) is -0.626. The molecule has 1 N–H and O–H groups in total. The number of rotatable bonds is 6. The van der Waals surface area contributed by atoms with Gasteiger partial charge in [0.05, 0.1) is 13.0 Å². The van der Waals surface area contributed by atoms with Gasteiger partial charge < -0.3 is 14.7 Å². The van der Waals surface area contributed by atoms with Crippen molar-refractivity contribution < 1.29 is 32.6 Å². The minimum atomic E-state index is -4.38. The lowest BCUT2D eigenvalue weighted by molar-refractivity contribution is -0.175. The summed E-state index contributed by atoms with van der Waals surface area (Å²) in [4.78, 5) is 24.1. The fraction of sp³-hybridized carbons (Fsp3) is 0.846. The van der Waals surface area contributed by atoms with E-state index in [2.05, 4.69) is 4.74 Å². The van der Waals surface area contributed by atoms with Crippen molar-refractivity contribution in [2.75, 3.05) is 26.3 Å². The Balaban J connectivity index is 2.27. The second-order valence-electron chi connectivity index (χ2n) is 5.19. The number of halogens is 3. The first-order chi connectivity index (χ1) is 9.78. The van der Waals surface area contributed by atoms with E-state index in [1.165, 1.54) is 0 Å². The Morgan fingerprint density at radius 1 is 1.24 bits per heavy atom. The van der Waals surface area contributed by atoms with E-state index in [4.69, 9.17) is 5.11 Å². The number of carboxylic acid groups (broad SMARTS) is 1. The van der Waals surface area contributed by atoms with Gasteiger partial charge in [-0.1, -0.05) is 0 Å². The van der Waals surface area contributed by atoms with Crippen LogP contribution in [0.4, 0.5) is 13.2 Å². The standard InChI is InChI=1S/C13H20F3NO4/c14-13(15,16)9-21-7-4-11(18)17-5-1-2-10(3-6-17)8-12(19)20/h10H,1-9H2,(H,19,20)/t10-/m0/s1. The molecule has 0 aromatic heterocycles. The van der Waals surface area contributed by atoms with Crippen molar-refractivity contribution in [3.63, 3.8) is 0 Å². The molecule has 0 aromatic carbocycles. The number of likely N-dealkylation sites (tertiary alicyclic amines) is 1. The molecule has 0 unspecified atom stereocenters. The lowest BCUT2D eigenvalue weighted by atomic mass is 9.97. The summed E-state index contributed by atoms with van der Waals surface area (Å²) < 4.78 is 40.0. The highest BCUT2D eigenvalue weighted by Crippen LogP contribution is 2.21. The predicted octanol–water partition coefficient (Wildman–Crippen LogP) is 2.06. The molecule has 0 aliphatic carbocycles. The Morgan fingerprint density at radius 2 is 1.95 bits per heavy atom. The van der Waals surface area contributed by atoms with Crippen LogP contribution in [0.5, 0.6) is 0 Å². The molecule has 1 rings (SSSR count). The quantitative estimate of drug-likeness (QED) is 0.763. The van der Waals surface area contributed by atoms with Crippen LogP contribution in [0.25, 0.3) is 0 Å². The molecular formula is C13H20F3NO4. The Hall–Kier alpha value is -1.31. The first-order valence-electron chi connectivity index (χ1n) is 6.92. The van der Waals surface area contributed by atoms with Crippen molar-refractivity contribution in [3.05, 3.63) is 0 Å². The highest BCUT2D eigenvalue weighted by Gasteiger charge is 2.27. The molecule has 1 atom stereocenters. The van der Waals surface area contributed by atoms with E-state index in [1.54, 1.807) is 4.90 Å². The molecule has 1 aliphatic heterocycles. The molecule has 0 radical (unpaired) electrons. The van der Waals surface area contributed by atoms with Crippen molar-refractivity contribution >= 4 is 11.9 Å². The number of hydrogen-bond acceptors (Lipinski definition) is 3. The average Bonchev–Trinajstić information content (AvgIpc) is 2.58. The SMILES string of the molecule is O=C(O)C[C@H]1CCCN(C(=O)CCOCC(F)(F)F)CC1. The number of carbonyl (C=O) groups excluding carboxylic acids is 1. The summed E-state index contributed by atoms with van der Waals surface area (Å²) >= 11 is 0. The molecule has 1 aliphatic rings. The Kier molecular flexibility index (Phi) is 6.94. The lowest BCUT2D eigenvalue weighted by Gasteiger charge is -2.20. The van der Waals surface area contributed by atoms with Gasteiger partial charge in [-0.3, -0.25) is 9.59 Å². The van der Waals surface area contributed by atoms with Crippen molar-refractivity contribution in [2.45, 2.75) is 38.3 Å². The Labute approximate surface area is 121 Å². The summed E-state index contributed by atoms with van der Waals surface area (Å²) in [6.07, 6.45) is -2.29. The summed E-state index contributed by atoms with van der Waals surface area (Å²) in [5.74, 6) is -1.03. The van der Waals surface area contributed by atoms with Crippen molar-refractivity contribution in [1.82, 2.24) is 4.90 Å². The molecule has 5 nitrogen and oxygen atoms in total. The lowest BCUT2D eigenvalue weighted by Crippen LogP contribution is -2.33. The number of hydrogen-bond donors (Lipinski definition) is 1. The summed E-state index contributed by atoms with van der Waals surface area (Å²) in [7, 11) is 0. The first-order valence-corrected chi connectivity index (χ1v) is 6.92. The van der Waals surface area contributed by atoms with Gasteiger partial charge in [0.15, 0.2) is 0 Å². The Bertz CT molecular complexity index is 360. The number of carboxylic acids is 1. The van der Waals surface area contributed by atoms with Crippen molar-refractivity contribution in [2.24, 2.45) is 5.92 Å². The topological polar surface area (TPSA) is 66.8 Å². The van der Waals surface area contributed by atoms with Crippen LogP contribution in [-0.4, -0.2) is 54.4 Å². The number of aliphatic carboxylic acids is 1. The largest absolute Gasteiger partial charge is 0.481 e. The second kappa shape index (κ2) is 8.21. The molecule has 1 fully saturated rings. The minimum absolute atomic E-state index is 0.0572. The molecule has 1 saturated heterocycles. The number of nitrogens with zero attached hydrogens (tertiary/aromatic N) is 1. The average molecular weight is 311 g/mol. The van der Waals surface area contributed by atoms with Crippen molar-refractivity contribution in [3.8, 4) is 0 Å². The third kappa shape index (κ3) is 7.89. The molecule has 0 bridgehead atoms. The van der Waals surface area contributed by atoms with Gasteiger partial charge >= 0.3 is 12.1 Å². The van der Waals surface area contributed by atoms with Gasteiger partial charge in [0.25, 0.3) is 0 Å². The van der Waals surface area contributed by atoms with Gasteiger partial charge in [0.1, 0.15) is 6.61 Å². The summed E-state index contributed by atoms with van der Waals surface area (Å²) in [6, 6.07) is 0. The van der Waals surface area contributed by atoms with Crippen LogP contribution in [0.3, 0.4) is 0 Å². The molecule has 0 spiro atoms. The molecule has 0 aromatic rings. The molecule has 1 amide bonds. The van der Waals surface area contributed by atoms with Crippen LogP contribution in [0.2, 0.25) is 0 Å². The van der Waals surface area contributed by atoms with Crippen LogP contribution in [0, 0.1) is 5.92 Å². The van der Waals surface area contributed by atoms with E-state index in [-0.39, 0.29) is 31.3 Å². The maximum atomic E-state index is 11.9. The maximum Gasteiger partial charge on any atom is 0.411 e. The maximum absolute atomic E-state index is 11.9. The van der Waals surface area contributed by atoms with Gasteiger partial charge in [0.2, 0.25) is 5.91 Å².